The minimum atomic E-state index is 0. The maximum Gasteiger partial charge on any atom is 1.00 e. The molecule has 0 bridgehead atoms. The van der Waals surface area contributed by atoms with Crippen molar-refractivity contribution in [2.45, 2.75) is 4.90 Å². The summed E-state index contributed by atoms with van der Waals surface area (Å²) < 4.78 is 0. The average Bonchev–Trinajstić information content (AvgIpc) is 1.59. The van der Waals surface area contributed by atoms with Crippen LogP contribution in [0, 0.1) is 0 Å². The molecule has 1 aromatic carbocycles. The van der Waals surface area contributed by atoms with Gasteiger partial charge in [-0.1, -0.05) is 35.3 Å². The summed E-state index contributed by atoms with van der Waals surface area (Å²) in [6, 6.07) is 5.02. The van der Waals surface area contributed by atoms with Crippen LogP contribution in [0.25, 0.3) is 0 Å². The minimum absolute atomic E-state index is 0. The number of rotatable bonds is 0. The van der Waals surface area contributed by atoms with Gasteiger partial charge in [-0.3, -0.25) is 0 Å². The van der Waals surface area contributed by atoms with E-state index in [4.69, 9.17) is 35.8 Å². The standard InChI is InChI=1S/C6H4Cl2S.K/c7-4-1-5(8)3-6(9)2-4;/h1-3,9H;/q;+1/p-1. The molecule has 1 aromatic rings. The van der Waals surface area contributed by atoms with E-state index in [1.54, 1.807) is 18.2 Å². The molecule has 0 aliphatic heterocycles. The Kier molecular flexibility index (Phi) is 6.21. The van der Waals surface area contributed by atoms with Gasteiger partial charge in [0, 0.05) is 10.0 Å². The van der Waals surface area contributed by atoms with Crippen LogP contribution in [-0.2, 0) is 12.6 Å². The zero-order valence-corrected chi connectivity index (χ0v) is 10.8. The molecule has 10 heavy (non-hydrogen) atoms. The average molecular weight is 217 g/mol. The Morgan fingerprint density at radius 1 is 1.00 bits per heavy atom. The first-order valence-electron chi connectivity index (χ1n) is 2.31. The third-order valence-corrected chi connectivity index (χ3v) is 1.51. The smallest absolute Gasteiger partial charge is 0.780 e. The van der Waals surface area contributed by atoms with Gasteiger partial charge in [0.05, 0.1) is 0 Å². The van der Waals surface area contributed by atoms with Crippen molar-refractivity contribution in [3.05, 3.63) is 28.2 Å². The second-order valence-electron chi connectivity index (χ2n) is 1.61. The fourth-order valence-electron chi connectivity index (χ4n) is 0.529. The molecule has 1 rings (SSSR count). The fourth-order valence-corrected chi connectivity index (χ4v) is 1.44. The van der Waals surface area contributed by atoms with Crippen LogP contribution in [0.4, 0.5) is 0 Å². The Bertz CT molecular complexity index is 177. The van der Waals surface area contributed by atoms with Crippen molar-refractivity contribution in [2.24, 2.45) is 0 Å². The van der Waals surface area contributed by atoms with Crippen LogP contribution in [0.1, 0.15) is 0 Å². The Hall–Kier alpha value is 1.66. The number of benzene rings is 1. The second-order valence-corrected chi connectivity index (χ2v) is 2.95. The molecule has 0 aromatic heterocycles. The third kappa shape index (κ3) is 3.88. The quantitative estimate of drug-likeness (QED) is 0.432. The molecule has 0 amide bonds. The van der Waals surface area contributed by atoms with E-state index < -0.39 is 0 Å². The van der Waals surface area contributed by atoms with Crippen LogP contribution in [-0.4, -0.2) is 0 Å². The van der Waals surface area contributed by atoms with Crippen LogP contribution >= 0.6 is 23.2 Å². The zero-order valence-electron chi connectivity index (χ0n) is 5.40. The molecule has 0 saturated carbocycles. The number of halogens is 2. The summed E-state index contributed by atoms with van der Waals surface area (Å²) in [5, 5.41) is 1.18. The monoisotopic (exact) mass is 216 g/mol. The summed E-state index contributed by atoms with van der Waals surface area (Å²) >= 11 is 16.0. The first kappa shape index (κ1) is 11.7. The van der Waals surface area contributed by atoms with Crippen LogP contribution < -0.4 is 51.4 Å². The molecular formula is C6H3Cl2KS. The summed E-state index contributed by atoms with van der Waals surface area (Å²) in [5.41, 5.74) is 0. The fraction of sp³-hybridized carbons (Fsp3) is 0. The largest absolute Gasteiger partial charge is 1.00 e. The van der Waals surface area contributed by atoms with E-state index in [0.717, 1.165) is 0 Å². The molecule has 0 spiro atoms. The van der Waals surface area contributed by atoms with Crippen LogP contribution in [0.15, 0.2) is 23.1 Å². The summed E-state index contributed by atoms with van der Waals surface area (Å²) in [7, 11) is 0. The Balaban J connectivity index is 0.000000810. The molecule has 4 heteroatoms. The molecular weight excluding hydrogens is 214 g/mol. The maximum atomic E-state index is 5.60. The van der Waals surface area contributed by atoms with E-state index in [1.807, 2.05) is 0 Å². The molecule has 0 heterocycles. The van der Waals surface area contributed by atoms with Crippen molar-refractivity contribution in [2.75, 3.05) is 0 Å². The van der Waals surface area contributed by atoms with Crippen molar-refractivity contribution in [3.8, 4) is 0 Å². The second kappa shape index (κ2) is 5.33. The van der Waals surface area contributed by atoms with E-state index in [2.05, 4.69) is 0 Å². The van der Waals surface area contributed by atoms with E-state index in [9.17, 15) is 0 Å². The molecule has 0 fully saturated rings. The van der Waals surface area contributed by atoms with Gasteiger partial charge in [0.25, 0.3) is 0 Å². The first-order valence-corrected chi connectivity index (χ1v) is 3.48. The van der Waals surface area contributed by atoms with Crippen LogP contribution in [0.5, 0.6) is 0 Å². The normalized spacial score (nSPS) is 8.60. The molecule has 48 valence electrons. The zero-order chi connectivity index (χ0) is 6.85. The molecule has 0 aliphatic rings. The Morgan fingerprint density at radius 2 is 1.40 bits per heavy atom. The van der Waals surface area contributed by atoms with Gasteiger partial charge in [0.15, 0.2) is 0 Å². The van der Waals surface area contributed by atoms with Crippen molar-refractivity contribution in [1.82, 2.24) is 0 Å². The molecule has 0 aliphatic carbocycles. The topological polar surface area (TPSA) is 0 Å². The Morgan fingerprint density at radius 3 is 1.70 bits per heavy atom. The van der Waals surface area contributed by atoms with Crippen LogP contribution in [0.2, 0.25) is 10.0 Å². The van der Waals surface area contributed by atoms with Gasteiger partial charge in [-0.25, -0.2) is 0 Å². The molecule has 0 radical (unpaired) electrons. The molecule has 0 atom stereocenters. The molecule has 0 nitrogen and oxygen atoms in total. The van der Waals surface area contributed by atoms with Gasteiger partial charge in [-0.2, -0.15) is 4.90 Å². The van der Waals surface area contributed by atoms with Crippen molar-refractivity contribution in [3.63, 3.8) is 0 Å². The predicted octanol–water partition coefficient (Wildman–Crippen LogP) is -0.0968. The van der Waals surface area contributed by atoms with E-state index >= 15 is 0 Å². The SMILES string of the molecule is [K+].[S-]c1cc(Cl)cc(Cl)c1. The molecule has 0 N–H and O–H groups in total. The predicted molar refractivity (Wildman–Crippen MR) is 42.1 cm³/mol. The van der Waals surface area contributed by atoms with Gasteiger partial charge in [-0.05, 0) is 6.07 Å². The number of hydrogen-bond acceptors (Lipinski definition) is 1. The first-order chi connectivity index (χ1) is 4.18. The van der Waals surface area contributed by atoms with E-state index in [1.165, 1.54) is 0 Å². The summed E-state index contributed by atoms with van der Waals surface area (Å²) in [4.78, 5) is 0.674. The van der Waals surface area contributed by atoms with Crippen LogP contribution in [0.3, 0.4) is 0 Å². The third-order valence-electron chi connectivity index (χ3n) is 0.836. The van der Waals surface area contributed by atoms with Gasteiger partial charge < -0.3 is 12.6 Å². The Labute approximate surface area is 118 Å². The van der Waals surface area contributed by atoms with Gasteiger partial charge >= 0.3 is 51.4 Å². The van der Waals surface area contributed by atoms with Crippen molar-refractivity contribution >= 4 is 35.8 Å². The number of hydrogen-bond donors (Lipinski definition) is 0. The minimum Gasteiger partial charge on any atom is -0.780 e. The van der Waals surface area contributed by atoms with Crippen molar-refractivity contribution < 1.29 is 51.4 Å². The van der Waals surface area contributed by atoms with Gasteiger partial charge in [0.2, 0.25) is 0 Å². The van der Waals surface area contributed by atoms with E-state index in [-0.39, 0.29) is 51.4 Å². The van der Waals surface area contributed by atoms with Gasteiger partial charge in [0.1, 0.15) is 0 Å². The summed E-state index contributed by atoms with van der Waals surface area (Å²) in [5.74, 6) is 0. The van der Waals surface area contributed by atoms with E-state index in [0.29, 0.717) is 14.9 Å². The van der Waals surface area contributed by atoms with Gasteiger partial charge in [-0.15, -0.1) is 0 Å². The summed E-state index contributed by atoms with van der Waals surface area (Å²) in [6.45, 7) is 0. The maximum absolute atomic E-state index is 5.60. The molecule has 0 unspecified atom stereocenters. The van der Waals surface area contributed by atoms with Crippen molar-refractivity contribution in [1.29, 1.82) is 0 Å². The summed E-state index contributed by atoms with van der Waals surface area (Å²) in [6.07, 6.45) is 0. The molecule has 0 saturated heterocycles.